The molecule has 0 aliphatic heterocycles. The Kier molecular flexibility index (Phi) is 5.29. The largest absolute Gasteiger partial charge is 0.496 e. The zero-order chi connectivity index (χ0) is 19.3. The van der Waals surface area contributed by atoms with Gasteiger partial charge in [0.25, 0.3) is 0 Å². The summed E-state index contributed by atoms with van der Waals surface area (Å²) in [5.41, 5.74) is 1.80. The Morgan fingerprint density at radius 2 is 1.96 bits per heavy atom. The highest BCUT2D eigenvalue weighted by Crippen LogP contribution is 2.27. The van der Waals surface area contributed by atoms with Crippen molar-refractivity contribution in [1.82, 2.24) is 20.2 Å². The van der Waals surface area contributed by atoms with Gasteiger partial charge in [0.2, 0.25) is 11.9 Å². The summed E-state index contributed by atoms with van der Waals surface area (Å²) in [5.74, 6) is 1.37. The molecule has 0 aliphatic rings. The number of benzene rings is 2. The van der Waals surface area contributed by atoms with Crippen LogP contribution in [0, 0.1) is 0 Å². The van der Waals surface area contributed by atoms with Gasteiger partial charge in [0, 0.05) is 6.42 Å². The summed E-state index contributed by atoms with van der Waals surface area (Å²) >= 11 is 1.67. The van der Waals surface area contributed by atoms with Gasteiger partial charge in [0.05, 0.1) is 27.9 Å². The van der Waals surface area contributed by atoms with E-state index in [1.54, 1.807) is 18.4 Å². The lowest BCUT2D eigenvalue weighted by atomic mass is 10.2. The van der Waals surface area contributed by atoms with E-state index in [9.17, 15) is 4.79 Å². The molecule has 0 saturated heterocycles. The second-order valence-corrected chi connectivity index (χ2v) is 7.30. The lowest BCUT2D eigenvalue weighted by Gasteiger charge is -2.04. The maximum atomic E-state index is 12.2. The van der Waals surface area contributed by atoms with Crippen LogP contribution in [0.1, 0.15) is 17.8 Å². The number of fused-ring (bicyclic) bond motifs is 1. The average Bonchev–Trinajstić information content (AvgIpc) is 3.34. The number of amides is 1. The monoisotopic (exact) mass is 393 g/mol. The van der Waals surface area contributed by atoms with Crippen molar-refractivity contribution in [2.75, 3.05) is 12.4 Å². The standard InChI is InChI=1S/C20H19N5O2S/c1-27-15-9-4-2-7-13(15)19-23-20(25-24-19)22-17(26)11-6-12-18-21-14-8-3-5-10-16(14)28-18/h2-5,7-10H,6,11-12H2,1H3,(H2,22,23,24,25,26). The predicted molar refractivity (Wildman–Crippen MR) is 110 cm³/mol. The summed E-state index contributed by atoms with van der Waals surface area (Å²) in [7, 11) is 1.60. The summed E-state index contributed by atoms with van der Waals surface area (Å²) in [6.07, 6.45) is 1.87. The first kappa shape index (κ1) is 18.1. The van der Waals surface area contributed by atoms with Gasteiger partial charge in [-0.15, -0.1) is 16.4 Å². The van der Waals surface area contributed by atoms with Crippen molar-refractivity contribution in [2.24, 2.45) is 0 Å². The third kappa shape index (κ3) is 4.01. The number of thiazole rings is 1. The van der Waals surface area contributed by atoms with Crippen LogP contribution >= 0.6 is 11.3 Å². The van der Waals surface area contributed by atoms with Crippen LogP contribution in [0.3, 0.4) is 0 Å². The Labute approximate surface area is 165 Å². The van der Waals surface area contributed by atoms with Crippen LogP contribution in [0.4, 0.5) is 5.95 Å². The second-order valence-electron chi connectivity index (χ2n) is 6.18. The number of H-pyrrole nitrogens is 1. The minimum atomic E-state index is -0.119. The average molecular weight is 393 g/mol. The Balaban J connectivity index is 1.32. The molecule has 0 bridgehead atoms. The summed E-state index contributed by atoms with van der Waals surface area (Å²) < 4.78 is 6.50. The smallest absolute Gasteiger partial charge is 0.249 e. The van der Waals surface area contributed by atoms with Crippen molar-refractivity contribution >= 4 is 33.4 Å². The fraction of sp³-hybridized carbons (Fsp3) is 0.200. The molecule has 0 saturated carbocycles. The Morgan fingerprint density at radius 1 is 1.14 bits per heavy atom. The van der Waals surface area contributed by atoms with Crippen molar-refractivity contribution in [3.8, 4) is 17.1 Å². The molecule has 2 N–H and O–H groups in total. The second kappa shape index (κ2) is 8.18. The number of aromatic nitrogens is 4. The van der Waals surface area contributed by atoms with Crippen LogP contribution < -0.4 is 10.1 Å². The number of hydrogen-bond acceptors (Lipinski definition) is 6. The van der Waals surface area contributed by atoms with Gasteiger partial charge in [-0.25, -0.2) is 4.98 Å². The molecular formula is C20H19N5O2S. The SMILES string of the molecule is COc1ccccc1-c1nc(NC(=O)CCCc2nc3ccccc3s2)n[nH]1. The first-order valence-electron chi connectivity index (χ1n) is 8.93. The maximum Gasteiger partial charge on any atom is 0.249 e. The Morgan fingerprint density at radius 3 is 2.82 bits per heavy atom. The number of aromatic amines is 1. The van der Waals surface area contributed by atoms with Gasteiger partial charge < -0.3 is 4.74 Å². The fourth-order valence-corrected chi connectivity index (χ4v) is 3.90. The van der Waals surface area contributed by atoms with E-state index in [4.69, 9.17) is 4.74 Å². The summed E-state index contributed by atoms with van der Waals surface area (Å²) in [4.78, 5) is 21.1. The maximum absolute atomic E-state index is 12.2. The number of aryl methyl sites for hydroxylation is 1. The molecule has 0 aliphatic carbocycles. The number of methoxy groups -OCH3 is 1. The minimum absolute atomic E-state index is 0.119. The lowest BCUT2D eigenvalue weighted by molar-refractivity contribution is -0.116. The van der Waals surface area contributed by atoms with Crippen molar-refractivity contribution in [1.29, 1.82) is 0 Å². The molecule has 2 heterocycles. The van der Waals surface area contributed by atoms with Crippen LogP contribution in [-0.2, 0) is 11.2 Å². The first-order chi connectivity index (χ1) is 13.7. The molecule has 2 aromatic heterocycles. The van der Waals surface area contributed by atoms with Crippen molar-refractivity contribution < 1.29 is 9.53 Å². The Bertz CT molecular complexity index is 1070. The van der Waals surface area contributed by atoms with E-state index in [1.165, 1.54) is 4.70 Å². The Hall–Kier alpha value is -3.26. The van der Waals surface area contributed by atoms with E-state index in [1.807, 2.05) is 42.5 Å². The quantitative estimate of drug-likeness (QED) is 0.494. The van der Waals surface area contributed by atoms with Crippen LogP contribution in [0.5, 0.6) is 5.75 Å². The van der Waals surface area contributed by atoms with Gasteiger partial charge in [0.1, 0.15) is 5.75 Å². The topological polar surface area (TPSA) is 92.8 Å². The van der Waals surface area contributed by atoms with Crippen LogP contribution in [0.2, 0.25) is 0 Å². The molecule has 142 valence electrons. The van der Waals surface area contributed by atoms with Crippen molar-refractivity contribution in [3.05, 3.63) is 53.5 Å². The number of hydrogen-bond donors (Lipinski definition) is 2. The number of rotatable bonds is 7. The third-order valence-corrected chi connectivity index (χ3v) is 5.33. The van der Waals surface area contributed by atoms with E-state index in [-0.39, 0.29) is 11.9 Å². The fourth-order valence-electron chi connectivity index (χ4n) is 2.89. The molecule has 0 fully saturated rings. The molecule has 28 heavy (non-hydrogen) atoms. The lowest BCUT2D eigenvalue weighted by Crippen LogP contribution is -2.12. The summed E-state index contributed by atoms with van der Waals surface area (Å²) in [5, 5.41) is 10.7. The van der Waals surface area contributed by atoms with Crippen molar-refractivity contribution in [2.45, 2.75) is 19.3 Å². The molecule has 2 aromatic carbocycles. The zero-order valence-corrected chi connectivity index (χ0v) is 16.1. The van der Waals surface area contributed by atoms with Gasteiger partial charge >= 0.3 is 0 Å². The zero-order valence-electron chi connectivity index (χ0n) is 15.3. The summed E-state index contributed by atoms with van der Waals surface area (Å²) in [6, 6.07) is 15.5. The van der Waals surface area contributed by atoms with Crippen LogP contribution in [0.15, 0.2) is 48.5 Å². The predicted octanol–water partition coefficient (Wildman–Crippen LogP) is 4.05. The van der Waals surface area contributed by atoms with Gasteiger partial charge in [-0.3, -0.25) is 15.2 Å². The number of carbonyl (C=O) groups excluding carboxylic acids is 1. The molecule has 4 aromatic rings. The normalized spacial score (nSPS) is 10.9. The van der Waals surface area contributed by atoms with E-state index in [2.05, 4.69) is 31.5 Å². The van der Waals surface area contributed by atoms with Gasteiger partial charge in [-0.1, -0.05) is 24.3 Å². The van der Waals surface area contributed by atoms with E-state index in [0.717, 1.165) is 28.9 Å². The molecule has 7 nitrogen and oxygen atoms in total. The van der Waals surface area contributed by atoms with E-state index >= 15 is 0 Å². The van der Waals surface area contributed by atoms with Gasteiger partial charge in [0.15, 0.2) is 5.82 Å². The number of nitrogens with one attached hydrogen (secondary N) is 2. The molecule has 0 spiro atoms. The molecule has 0 atom stereocenters. The molecule has 1 amide bonds. The third-order valence-electron chi connectivity index (χ3n) is 4.23. The van der Waals surface area contributed by atoms with E-state index < -0.39 is 0 Å². The first-order valence-corrected chi connectivity index (χ1v) is 9.74. The number of para-hydroxylation sites is 2. The highest BCUT2D eigenvalue weighted by atomic mass is 32.1. The number of anilines is 1. The molecule has 4 rings (SSSR count). The highest BCUT2D eigenvalue weighted by molar-refractivity contribution is 7.18. The van der Waals surface area contributed by atoms with Gasteiger partial charge in [-0.05, 0) is 37.1 Å². The van der Waals surface area contributed by atoms with Gasteiger partial charge in [-0.2, -0.15) is 4.98 Å². The summed E-state index contributed by atoms with van der Waals surface area (Å²) in [6.45, 7) is 0. The van der Waals surface area contributed by atoms with Crippen LogP contribution in [0.25, 0.3) is 21.6 Å². The molecular weight excluding hydrogens is 374 g/mol. The molecule has 0 radical (unpaired) electrons. The molecule has 8 heteroatoms. The number of nitrogens with zero attached hydrogens (tertiary/aromatic N) is 3. The van der Waals surface area contributed by atoms with Crippen LogP contribution in [-0.4, -0.2) is 33.2 Å². The number of carbonyl (C=O) groups is 1. The highest BCUT2D eigenvalue weighted by Gasteiger charge is 2.12. The molecule has 0 unspecified atom stereocenters. The van der Waals surface area contributed by atoms with Crippen molar-refractivity contribution in [3.63, 3.8) is 0 Å². The number of ether oxygens (including phenoxy) is 1. The minimum Gasteiger partial charge on any atom is -0.496 e. The van der Waals surface area contributed by atoms with E-state index in [0.29, 0.717) is 18.0 Å².